The van der Waals surface area contributed by atoms with Gasteiger partial charge in [0.25, 0.3) is 11.5 Å². The van der Waals surface area contributed by atoms with E-state index in [1.54, 1.807) is 49.0 Å². The summed E-state index contributed by atoms with van der Waals surface area (Å²) in [5.74, 6) is -0.0425. The lowest BCUT2D eigenvalue weighted by molar-refractivity contribution is -0.112. The van der Waals surface area contributed by atoms with Crippen molar-refractivity contribution in [2.24, 2.45) is 7.05 Å². The molecule has 0 aliphatic carbocycles. The van der Waals surface area contributed by atoms with Gasteiger partial charge in [-0.1, -0.05) is 60.7 Å². The molecule has 3 aromatic carbocycles. The third-order valence-electron chi connectivity index (χ3n) is 5.58. The quantitative estimate of drug-likeness (QED) is 0.320. The molecule has 1 heterocycles. The average molecular weight is 465 g/mol. The zero-order chi connectivity index (χ0) is 24.8. The predicted octanol–water partition coefficient (Wildman–Crippen LogP) is 4.61. The van der Waals surface area contributed by atoms with Gasteiger partial charge in [0.2, 0.25) is 0 Å². The van der Waals surface area contributed by atoms with Gasteiger partial charge in [-0.3, -0.25) is 14.3 Å². The number of carbonyl (C=O) groups excluding carboxylic acids is 1. The third-order valence-corrected chi connectivity index (χ3v) is 5.58. The predicted molar refractivity (Wildman–Crippen MR) is 135 cm³/mol. The van der Waals surface area contributed by atoms with Crippen LogP contribution in [-0.4, -0.2) is 15.3 Å². The van der Waals surface area contributed by atoms with Crippen LogP contribution in [0.5, 0.6) is 5.75 Å². The van der Waals surface area contributed by atoms with Crippen LogP contribution in [0, 0.1) is 18.3 Å². The fourth-order valence-corrected chi connectivity index (χ4v) is 3.64. The summed E-state index contributed by atoms with van der Waals surface area (Å²) in [6.07, 6.45) is 1.47. The van der Waals surface area contributed by atoms with Crippen LogP contribution in [0.4, 0.5) is 5.69 Å². The monoisotopic (exact) mass is 464 g/mol. The highest BCUT2D eigenvalue weighted by Crippen LogP contribution is 2.19. The first kappa shape index (κ1) is 23.3. The number of nitrogens with zero attached hydrogens (tertiary/aromatic N) is 3. The lowest BCUT2D eigenvalue weighted by atomic mass is 10.1. The van der Waals surface area contributed by atoms with E-state index in [9.17, 15) is 14.9 Å². The number of ether oxygens (including phenoxy) is 1. The number of nitrogens with one attached hydrogen (secondary N) is 1. The standard InChI is InChI=1S/C28H24N4O3/c1-20-26(28(34)32(31(20)2)24-13-7-4-8-14-24)30-27(33)23(18-29)16-22-12-9-15-25(17-22)35-19-21-10-5-3-6-11-21/h3-17H,19H2,1-2H3,(H,30,33). The molecular weight excluding hydrogens is 440 g/mol. The van der Waals surface area contributed by atoms with Crippen molar-refractivity contribution in [2.75, 3.05) is 5.32 Å². The Morgan fingerprint density at radius 2 is 1.71 bits per heavy atom. The van der Waals surface area contributed by atoms with E-state index in [0.29, 0.717) is 29.3 Å². The molecule has 4 aromatic rings. The Kier molecular flexibility index (Phi) is 6.94. The molecule has 0 atom stereocenters. The van der Waals surface area contributed by atoms with E-state index in [4.69, 9.17) is 4.74 Å². The molecule has 0 bridgehead atoms. The Balaban J connectivity index is 1.55. The van der Waals surface area contributed by atoms with Gasteiger partial charge in [-0.05, 0) is 48.4 Å². The van der Waals surface area contributed by atoms with Crippen LogP contribution in [-0.2, 0) is 18.4 Å². The molecule has 0 aliphatic heterocycles. The second-order valence-corrected chi connectivity index (χ2v) is 7.91. The number of amides is 1. The number of rotatable bonds is 7. The molecule has 7 heteroatoms. The molecule has 0 unspecified atom stereocenters. The van der Waals surface area contributed by atoms with E-state index >= 15 is 0 Å². The highest BCUT2D eigenvalue weighted by molar-refractivity contribution is 6.09. The Labute approximate surface area is 203 Å². The molecule has 0 fully saturated rings. The zero-order valence-corrected chi connectivity index (χ0v) is 19.4. The molecule has 0 radical (unpaired) electrons. The number of carbonyl (C=O) groups is 1. The zero-order valence-electron chi connectivity index (χ0n) is 19.4. The molecule has 7 nitrogen and oxygen atoms in total. The van der Waals surface area contributed by atoms with Crippen LogP contribution >= 0.6 is 0 Å². The van der Waals surface area contributed by atoms with Crippen molar-refractivity contribution >= 4 is 17.7 Å². The van der Waals surface area contributed by atoms with Crippen LogP contribution in [0.3, 0.4) is 0 Å². The normalized spacial score (nSPS) is 11.1. The van der Waals surface area contributed by atoms with Crippen molar-refractivity contribution in [3.63, 3.8) is 0 Å². The smallest absolute Gasteiger partial charge is 0.295 e. The third kappa shape index (κ3) is 5.23. The number of hydrogen-bond donors (Lipinski definition) is 1. The molecule has 1 amide bonds. The first-order valence-corrected chi connectivity index (χ1v) is 11.0. The molecule has 0 saturated carbocycles. The first-order valence-electron chi connectivity index (χ1n) is 11.0. The number of anilines is 1. The largest absolute Gasteiger partial charge is 0.489 e. The maximum Gasteiger partial charge on any atom is 0.295 e. The molecule has 0 aliphatic rings. The van der Waals surface area contributed by atoms with E-state index in [2.05, 4.69) is 5.32 Å². The van der Waals surface area contributed by atoms with Crippen molar-refractivity contribution in [2.45, 2.75) is 13.5 Å². The maximum atomic E-state index is 13.1. The molecule has 4 rings (SSSR count). The lowest BCUT2D eigenvalue weighted by Crippen LogP contribution is -2.23. The molecule has 0 saturated heterocycles. The molecular formula is C28H24N4O3. The van der Waals surface area contributed by atoms with Crippen molar-refractivity contribution in [1.29, 1.82) is 5.26 Å². The van der Waals surface area contributed by atoms with E-state index in [1.165, 1.54) is 10.8 Å². The Bertz CT molecular complexity index is 1480. The number of aromatic nitrogens is 2. The summed E-state index contributed by atoms with van der Waals surface area (Å²) in [6.45, 7) is 2.14. The molecule has 1 N–H and O–H groups in total. The number of hydrogen-bond acceptors (Lipinski definition) is 4. The number of benzene rings is 3. The summed E-state index contributed by atoms with van der Waals surface area (Å²) in [6, 6.07) is 28.0. The van der Waals surface area contributed by atoms with E-state index in [1.807, 2.05) is 60.7 Å². The minimum Gasteiger partial charge on any atom is -0.489 e. The van der Waals surface area contributed by atoms with Gasteiger partial charge in [0.15, 0.2) is 0 Å². The average Bonchev–Trinajstić information content (AvgIpc) is 3.10. The van der Waals surface area contributed by atoms with Gasteiger partial charge in [0.05, 0.1) is 11.4 Å². The summed E-state index contributed by atoms with van der Waals surface area (Å²) in [5.41, 5.74) is 2.53. The van der Waals surface area contributed by atoms with Crippen molar-refractivity contribution in [3.05, 3.63) is 118 Å². The van der Waals surface area contributed by atoms with E-state index in [-0.39, 0.29) is 16.8 Å². The van der Waals surface area contributed by atoms with Crippen LogP contribution in [0.2, 0.25) is 0 Å². The summed E-state index contributed by atoms with van der Waals surface area (Å²) in [5, 5.41) is 12.3. The maximum absolute atomic E-state index is 13.1. The van der Waals surface area contributed by atoms with Crippen molar-refractivity contribution < 1.29 is 9.53 Å². The van der Waals surface area contributed by atoms with Gasteiger partial charge in [0.1, 0.15) is 29.7 Å². The second-order valence-electron chi connectivity index (χ2n) is 7.91. The first-order chi connectivity index (χ1) is 17.0. The van der Waals surface area contributed by atoms with Gasteiger partial charge in [-0.15, -0.1) is 0 Å². The minimum absolute atomic E-state index is 0.126. The Hall–Kier alpha value is -4.83. The van der Waals surface area contributed by atoms with Gasteiger partial charge in [-0.25, -0.2) is 4.68 Å². The molecule has 174 valence electrons. The minimum atomic E-state index is -0.658. The fraction of sp³-hybridized carbons (Fsp3) is 0.107. The second kappa shape index (κ2) is 10.4. The molecule has 0 spiro atoms. The van der Waals surface area contributed by atoms with Gasteiger partial charge < -0.3 is 10.1 Å². The summed E-state index contributed by atoms with van der Waals surface area (Å²) in [4.78, 5) is 26.0. The highest BCUT2D eigenvalue weighted by atomic mass is 16.5. The van der Waals surface area contributed by atoms with Crippen molar-refractivity contribution in [1.82, 2.24) is 9.36 Å². The topological polar surface area (TPSA) is 89.1 Å². The van der Waals surface area contributed by atoms with Gasteiger partial charge in [-0.2, -0.15) is 5.26 Å². The summed E-state index contributed by atoms with van der Waals surface area (Å²) >= 11 is 0. The van der Waals surface area contributed by atoms with Gasteiger partial charge in [0, 0.05) is 7.05 Å². The number of para-hydroxylation sites is 1. The van der Waals surface area contributed by atoms with Crippen molar-refractivity contribution in [3.8, 4) is 17.5 Å². The molecule has 1 aromatic heterocycles. The Morgan fingerprint density at radius 3 is 2.40 bits per heavy atom. The molecule has 35 heavy (non-hydrogen) atoms. The van der Waals surface area contributed by atoms with E-state index in [0.717, 1.165) is 5.56 Å². The summed E-state index contributed by atoms with van der Waals surface area (Å²) in [7, 11) is 1.74. The lowest BCUT2D eigenvalue weighted by Gasteiger charge is -2.07. The van der Waals surface area contributed by atoms with Crippen LogP contribution in [0.15, 0.2) is 95.3 Å². The fourth-order valence-electron chi connectivity index (χ4n) is 3.64. The van der Waals surface area contributed by atoms with Crippen LogP contribution < -0.4 is 15.6 Å². The highest BCUT2D eigenvalue weighted by Gasteiger charge is 2.20. The summed E-state index contributed by atoms with van der Waals surface area (Å²) < 4.78 is 8.96. The van der Waals surface area contributed by atoms with E-state index < -0.39 is 5.91 Å². The van der Waals surface area contributed by atoms with Crippen LogP contribution in [0.25, 0.3) is 11.8 Å². The number of nitriles is 1. The van der Waals surface area contributed by atoms with Crippen LogP contribution in [0.1, 0.15) is 16.8 Å². The Morgan fingerprint density at radius 1 is 1.03 bits per heavy atom. The van der Waals surface area contributed by atoms with Gasteiger partial charge >= 0.3 is 0 Å². The SMILES string of the molecule is Cc1c(NC(=O)C(C#N)=Cc2cccc(OCc3ccccc3)c2)c(=O)n(-c2ccccc2)n1C.